The van der Waals surface area contributed by atoms with Gasteiger partial charge in [-0.3, -0.25) is 0 Å². The van der Waals surface area contributed by atoms with Crippen LogP contribution < -0.4 is 14.6 Å². The molecule has 144 valence electrons. The number of alkyl halides is 3. The van der Waals surface area contributed by atoms with E-state index in [0.717, 1.165) is 31.2 Å². The standard InChI is InChI=1S/C17H12ClF4NO4/c18-12-3-9(6-23-15(12)26-7-17(20,21)22)27-14-5-13(19)11(16(24)25)4-10(14)8-1-2-8/h3-6,8H,1-2,7H2,(H,24,25)/p-1. The van der Waals surface area contributed by atoms with Crippen molar-refractivity contribution in [1.82, 2.24) is 4.98 Å². The van der Waals surface area contributed by atoms with Crippen molar-refractivity contribution in [1.29, 1.82) is 0 Å². The zero-order valence-corrected chi connectivity index (χ0v) is 14.2. The van der Waals surface area contributed by atoms with Gasteiger partial charge in [0, 0.05) is 17.7 Å². The maximum atomic E-state index is 14.0. The second-order valence-electron chi connectivity index (χ2n) is 5.90. The zero-order chi connectivity index (χ0) is 19.8. The quantitative estimate of drug-likeness (QED) is 0.684. The molecule has 27 heavy (non-hydrogen) atoms. The number of aromatic carboxylic acids is 1. The smallest absolute Gasteiger partial charge is 0.422 e. The molecule has 5 nitrogen and oxygen atoms in total. The zero-order valence-electron chi connectivity index (χ0n) is 13.5. The topological polar surface area (TPSA) is 71.5 Å². The van der Waals surface area contributed by atoms with Crippen molar-refractivity contribution in [2.75, 3.05) is 6.61 Å². The lowest BCUT2D eigenvalue weighted by Crippen LogP contribution is -2.23. The Labute approximate surface area is 155 Å². The van der Waals surface area contributed by atoms with E-state index in [1.54, 1.807) is 0 Å². The van der Waals surface area contributed by atoms with Crippen LogP contribution in [0.3, 0.4) is 0 Å². The summed E-state index contributed by atoms with van der Waals surface area (Å²) in [5, 5.41) is 10.8. The van der Waals surface area contributed by atoms with E-state index in [-0.39, 0.29) is 22.4 Å². The molecule has 0 N–H and O–H groups in total. The molecule has 1 saturated carbocycles. The van der Waals surface area contributed by atoms with E-state index in [1.165, 1.54) is 6.07 Å². The van der Waals surface area contributed by atoms with Crippen LogP contribution in [0.4, 0.5) is 17.6 Å². The molecule has 1 aliphatic rings. The number of hydrogen-bond acceptors (Lipinski definition) is 5. The van der Waals surface area contributed by atoms with Crippen molar-refractivity contribution in [2.45, 2.75) is 24.9 Å². The minimum Gasteiger partial charge on any atom is -0.545 e. The Balaban J connectivity index is 1.84. The fourth-order valence-electron chi connectivity index (χ4n) is 2.38. The van der Waals surface area contributed by atoms with Gasteiger partial charge in [-0.25, -0.2) is 9.37 Å². The summed E-state index contributed by atoms with van der Waals surface area (Å²) in [6, 6.07) is 3.25. The molecule has 3 rings (SSSR count). The number of benzene rings is 1. The third-order valence-electron chi connectivity index (χ3n) is 3.72. The maximum Gasteiger partial charge on any atom is 0.422 e. The van der Waals surface area contributed by atoms with Gasteiger partial charge in [0.1, 0.15) is 22.3 Å². The number of carbonyl (C=O) groups excluding carboxylic acids is 1. The van der Waals surface area contributed by atoms with Crippen molar-refractivity contribution in [2.24, 2.45) is 0 Å². The maximum absolute atomic E-state index is 14.0. The van der Waals surface area contributed by atoms with Gasteiger partial charge >= 0.3 is 6.18 Å². The number of carboxylic acid groups (broad SMARTS) is 1. The third kappa shape index (κ3) is 4.79. The van der Waals surface area contributed by atoms with Crippen LogP contribution >= 0.6 is 11.6 Å². The summed E-state index contributed by atoms with van der Waals surface area (Å²) in [4.78, 5) is 14.6. The predicted molar refractivity (Wildman–Crippen MR) is 83.6 cm³/mol. The van der Waals surface area contributed by atoms with Gasteiger partial charge in [-0.05, 0) is 30.4 Å². The number of rotatable bonds is 6. The molecule has 0 unspecified atom stereocenters. The van der Waals surface area contributed by atoms with E-state index in [1.807, 2.05) is 0 Å². The first kappa shape index (κ1) is 19.2. The number of nitrogens with zero attached hydrogens (tertiary/aromatic N) is 1. The summed E-state index contributed by atoms with van der Waals surface area (Å²) in [5.74, 6) is -2.97. The summed E-state index contributed by atoms with van der Waals surface area (Å²) >= 11 is 5.84. The Morgan fingerprint density at radius 2 is 2.00 bits per heavy atom. The van der Waals surface area contributed by atoms with Crippen molar-refractivity contribution >= 4 is 17.6 Å². The lowest BCUT2D eigenvalue weighted by atomic mass is 10.0. The summed E-state index contributed by atoms with van der Waals surface area (Å²) in [5.41, 5.74) is -0.0829. The van der Waals surface area contributed by atoms with Crippen LogP contribution in [0.2, 0.25) is 5.02 Å². The van der Waals surface area contributed by atoms with Gasteiger partial charge in [0.05, 0.1) is 12.2 Å². The van der Waals surface area contributed by atoms with E-state index in [0.29, 0.717) is 5.56 Å². The van der Waals surface area contributed by atoms with E-state index >= 15 is 0 Å². The van der Waals surface area contributed by atoms with E-state index < -0.39 is 36.0 Å². The molecule has 2 aromatic rings. The lowest BCUT2D eigenvalue weighted by molar-refractivity contribution is -0.255. The van der Waals surface area contributed by atoms with Crippen LogP contribution in [0, 0.1) is 5.82 Å². The Kier molecular flexibility index (Phi) is 5.14. The number of ether oxygens (including phenoxy) is 2. The molecular formula is C17H11ClF4NO4-. The van der Waals surface area contributed by atoms with Crippen molar-refractivity contribution in [3.8, 4) is 17.4 Å². The van der Waals surface area contributed by atoms with Gasteiger partial charge in [-0.15, -0.1) is 0 Å². The first-order valence-corrected chi connectivity index (χ1v) is 8.09. The number of pyridine rings is 1. The number of halogens is 5. The monoisotopic (exact) mass is 404 g/mol. The summed E-state index contributed by atoms with van der Waals surface area (Å²) < 4.78 is 60.5. The highest BCUT2D eigenvalue weighted by Gasteiger charge is 2.30. The molecule has 1 aliphatic carbocycles. The van der Waals surface area contributed by atoms with E-state index in [2.05, 4.69) is 9.72 Å². The van der Waals surface area contributed by atoms with Gasteiger partial charge in [0.15, 0.2) is 6.61 Å². The van der Waals surface area contributed by atoms with Crippen molar-refractivity contribution in [3.63, 3.8) is 0 Å². The Morgan fingerprint density at radius 3 is 2.56 bits per heavy atom. The molecule has 0 radical (unpaired) electrons. The van der Waals surface area contributed by atoms with Crippen molar-refractivity contribution < 1.29 is 36.9 Å². The Morgan fingerprint density at radius 1 is 1.30 bits per heavy atom. The Hall–Kier alpha value is -2.55. The molecule has 0 saturated heterocycles. The van der Waals surface area contributed by atoms with Gasteiger partial charge in [-0.1, -0.05) is 11.6 Å². The normalized spacial score (nSPS) is 14.1. The average molecular weight is 405 g/mol. The number of aromatic nitrogens is 1. The van der Waals surface area contributed by atoms with Crippen LogP contribution in [0.15, 0.2) is 24.4 Å². The highest BCUT2D eigenvalue weighted by atomic mass is 35.5. The van der Waals surface area contributed by atoms with Crippen LogP contribution in [0.5, 0.6) is 17.4 Å². The van der Waals surface area contributed by atoms with Gasteiger partial charge < -0.3 is 19.4 Å². The summed E-state index contributed by atoms with van der Waals surface area (Å²) in [7, 11) is 0. The van der Waals surface area contributed by atoms with E-state index in [4.69, 9.17) is 16.3 Å². The van der Waals surface area contributed by atoms with Crippen LogP contribution in [0.1, 0.15) is 34.7 Å². The minimum atomic E-state index is -4.54. The van der Waals surface area contributed by atoms with Gasteiger partial charge in [0.25, 0.3) is 0 Å². The molecular weight excluding hydrogens is 394 g/mol. The molecule has 0 bridgehead atoms. The molecule has 0 aliphatic heterocycles. The molecule has 1 aromatic carbocycles. The largest absolute Gasteiger partial charge is 0.545 e. The fourth-order valence-corrected chi connectivity index (χ4v) is 2.59. The van der Waals surface area contributed by atoms with Crippen LogP contribution in [0.25, 0.3) is 0 Å². The van der Waals surface area contributed by atoms with E-state index in [9.17, 15) is 27.5 Å². The second kappa shape index (κ2) is 7.22. The molecule has 1 aromatic heterocycles. The molecule has 0 amide bonds. The summed E-state index contributed by atoms with van der Waals surface area (Å²) in [6.07, 6.45) is -1.90. The lowest BCUT2D eigenvalue weighted by Gasteiger charge is -2.15. The Bertz CT molecular complexity index is 884. The van der Waals surface area contributed by atoms with Crippen LogP contribution in [-0.2, 0) is 0 Å². The molecule has 1 fully saturated rings. The first-order chi connectivity index (χ1) is 12.6. The molecule has 10 heteroatoms. The minimum absolute atomic E-state index is 0.0246. The number of carbonyl (C=O) groups is 1. The van der Waals surface area contributed by atoms with Gasteiger partial charge in [-0.2, -0.15) is 13.2 Å². The number of hydrogen-bond donors (Lipinski definition) is 0. The van der Waals surface area contributed by atoms with Gasteiger partial charge in [0.2, 0.25) is 5.88 Å². The summed E-state index contributed by atoms with van der Waals surface area (Å²) in [6.45, 7) is -1.55. The van der Waals surface area contributed by atoms with Crippen molar-refractivity contribution in [3.05, 3.63) is 46.4 Å². The fraction of sp³-hybridized carbons (Fsp3) is 0.294. The van der Waals surface area contributed by atoms with Crippen LogP contribution in [-0.4, -0.2) is 23.7 Å². The first-order valence-electron chi connectivity index (χ1n) is 7.72. The SMILES string of the molecule is O=C([O-])c1cc(C2CC2)c(Oc2cnc(OCC(F)(F)F)c(Cl)c2)cc1F. The number of carboxylic acids is 1. The average Bonchev–Trinajstić information content (AvgIpc) is 3.38. The predicted octanol–water partition coefficient (Wildman–Crippen LogP) is 3.85. The third-order valence-corrected chi connectivity index (χ3v) is 3.99. The second-order valence-corrected chi connectivity index (χ2v) is 6.30. The highest BCUT2D eigenvalue weighted by molar-refractivity contribution is 6.31. The molecule has 0 spiro atoms. The highest BCUT2D eigenvalue weighted by Crippen LogP contribution is 2.46. The molecule has 0 atom stereocenters. The molecule has 1 heterocycles.